The predicted molar refractivity (Wildman–Crippen MR) is 111 cm³/mol. The lowest BCUT2D eigenvalue weighted by Crippen LogP contribution is -2.52. The van der Waals surface area contributed by atoms with Crippen molar-refractivity contribution < 1.29 is 19.1 Å². The van der Waals surface area contributed by atoms with Crippen LogP contribution in [0, 0.1) is 11.8 Å². The highest BCUT2D eigenvalue weighted by atomic mass is 35.5. The first kappa shape index (κ1) is 21.7. The second-order valence-electron chi connectivity index (χ2n) is 8.01. The number of fused-ring (bicyclic) bond motifs is 1. The van der Waals surface area contributed by atoms with Gasteiger partial charge >= 0.3 is 0 Å². The molecule has 2 fully saturated rings. The first-order chi connectivity index (χ1) is 13.7. The number of nitrogens with zero attached hydrogens (tertiary/aromatic N) is 1. The number of nitrogens with one attached hydrogen (secondary N) is 1. The zero-order valence-corrected chi connectivity index (χ0v) is 17.4. The molecular formula is C21H30ClN3O4. The van der Waals surface area contributed by atoms with Crippen LogP contribution in [0.4, 0.5) is 0 Å². The van der Waals surface area contributed by atoms with Gasteiger partial charge in [-0.1, -0.05) is 18.6 Å². The lowest BCUT2D eigenvalue weighted by molar-refractivity contribution is -0.142. The molecule has 3 aliphatic rings. The summed E-state index contributed by atoms with van der Waals surface area (Å²) in [6.45, 7) is 2.05. The van der Waals surface area contributed by atoms with Crippen molar-refractivity contribution >= 4 is 24.2 Å². The van der Waals surface area contributed by atoms with Crippen LogP contribution in [0.25, 0.3) is 0 Å². The highest BCUT2D eigenvalue weighted by Gasteiger charge is 2.35. The van der Waals surface area contributed by atoms with Crippen molar-refractivity contribution in [1.82, 2.24) is 10.2 Å². The van der Waals surface area contributed by atoms with E-state index in [0.717, 1.165) is 32.1 Å². The number of hydrogen-bond acceptors (Lipinski definition) is 5. The summed E-state index contributed by atoms with van der Waals surface area (Å²) in [5.74, 6) is 1.75. The zero-order valence-electron chi connectivity index (χ0n) is 16.5. The Labute approximate surface area is 177 Å². The molecule has 7 nitrogen and oxygen atoms in total. The summed E-state index contributed by atoms with van der Waals surface area (Å²) >= 11 is 0. The third-order valence-corrected chi connectivity index (χ3v) is 6.24. The molecule has 1 saturated heterocycles. The summed E-state index contributed by atoms with van der Waals surface area (Å²) in [5.41, 5.74) is 5.80. The van der Waals surface area contributed by atoms with E-state index in [-0.39, 0.29) is 42.8 Å². The molecule has 0 spiro atoms. The van der Waals surface area contributed by atoms with Gasteiger partial charge in [-0.3, -0.25) is 9.59 Å². The average Bonchev–Trinajstić information content (AvgIpc) is 3.22. The Morgan fingerprint density at radius 3 is 2.55 bits per heavy atom. The Morgan fingerprint density at radius 2 is 1.83 bits per heavy atom. The molecule has 1 unspecified atom stereocenters. The van der Waals surface area contributed by atoms with Crippen LogP contribution in [0.3, 0.4) is 0 Å². The maximum absolute atomic E-state index is 12.8. The fourth-order valence-electron chi connectivity index (χ4n) is 4.56. The maximum Gasteiger partial charge on any atom is 0.267 e. The normalized spacial score (nSPS) is 26.5. The summed E-state index contributed by atoms with van der Waals surface area (Å²) in [6, 6.07) is 7.52. The largest absolute Gasteiger partial charge is 0.485 e. The van der Waals surface area contributed by atoms with Crippen LogP contribution in [0.2, 0.25) is 0 Å². The lowest BCUT2D eigenvalue weighted by atomic mass is 9.94. The second kappa shape index (κ2) is 9.67. The number of benzene rings is 1. The van der Waals surface area contributed by atoms with Crippen LogP contribution in [-0.4, -0.2) is 55.1 Å². The topological polar surface area (TPSA) is 93.9 Å². The molecular weight excluding hydrogens is 394 g/mol. The fourth-order valence-corrected chi connectivity index (χ4v) is 4.56. The summed E-state index contributed by atoms with van der Waals surface area (Å²) in [5, 5.41) is 3.19. The highest BCUT2D eigenvalue weighted by Crippen LogP contribution is 2.32. The summed E-state index contributed by atoms with van der Waals surface area (Å²) in [4.78, 5) is 27.2. The molecule has 4 rings (SSSR count). The average molecular weight is 424 g/mol. The Hall–Kier alpha value is -1.99. The van der Waals surface area contributed by atoms with Crippen LogP contribution < -0.4 is 20.5 Å². The van der Waals surface area contributed by atoms with Gasteiger partial charge < -0.3 is 25.4 Å². The number of likely N-dealkylation sites (tertiary alicyclic amines) is 1. The zero-order chi connectivity index (χ0) is 19.5. The summed E-state index contributed by atoms with van der Waals surface area (Å²) in [7, 11) is 0. The number of hydrogen-bond donors (Lipinski definition) is 2. The minimum Gasteiger partial charge on any atom is -0.485 e. The molecule has 2 heterocycles. The van der Waals surface area contributed by atoms with Gasteiger partial charge in [0.05, 0.1) is 0 Å². The highest BCUT2D eigenvalue weighted by molar-refractivity contribution is 5.85. The smallest absolute Gasteiger partial charge is 0.267 e. The molecule has 1 aliphatic carbocycles. The third kappa shape index (κ3) is 4.78. The predicted octanol–water partition coefficient (Wildman–Crippen LogP) is 1.73. The van der Waals surface area contributed by atoms with Gasteiger partial charge in [-0.2, -0.15) is 0 Å². The van der Waals surface area contributed by atoms with E-state index in [1.807, 2.05) is 29.2 Å². The second-order valence-corrected chi connectivity index (χ2v) is 8.01. The minimum absolute atomic E-state index is 0. The molecule has 0 radical (unpaired) electrons. The number of ether oxygens (including phenoxy) is 2. The van der Waals surface area contributed by atoms with Crippen molar-refractivity contribution in [1.29, 1.82) is 0 Å². The van der Waals surface area contributed by atoms with Crippen molar-refractivity contribution in [3.63, 3.8) is 0 Å². The number of piperidine rings is 1. The molecule has 0 bridgehead atoms. The Morgan fingerprint density at radius 1 is 1.10 bits per heavy atom. The van der Waals surface area contributed by atoms with Crippen LogP contribution in [0.1, 0.15) is 32.1 Å². The van der Waals surface area contributed by atoms with Crippen molar-refractivity contribution in [2.45, 2.75) is 44.2 Å². The minimum atomic E-state index is -0.607. The van der Waals surface area contributed by atoms with Gasteiger partial charge in [0.15, 0.2) is 11.5 Å². The SMILES string of the molecule is Cl.NC[C@H]1CCC[C@H]1C(=O)NC1CCN(C(=O)C2COc3ccccc3O2)CC1. The molecule has 160 valence electrons. The van der Waals surface area contributed by atoms with Gasteiger partial charge in [0.1, 0.15) is 6.61 Å². The number of nitrogens with two attached hydrogens (primary N) is 1. The maximum atomic E-state index is 12.8. The number of para-hydroxylation sites is 2. The van der Waals surface area contributed by atoms with Crippen molar-refractivity contribution in [2.24, 2.45) is 17.6 Å². The van der Waals surface area contributed by atoms with Crippen molar-refractivity contribution in [3.05, 3.63) is 24.3 Å². The monoisotopic (exact) mass is 423 g/mol. The van der Waals surface area contributed by atoms with E-state index in [4.69, 9.17) is 15.2 Å². The van der Waals surface area contributed by atoms with Crippen LogP contribution >= 0.6 is 12.4 Å². The van der Waals surface area contributed by atoms with Crippen molar-refractivity contribution in [3.8, 4) is 11.5 Å². The van der Waals surface area contributed by atoms with Gasteiger partial charge in [-0.25, -0.2) is 0 Å². The first-order valence-corrected chi connectivity index (χ1v) is 10.3. The molecule has 1 aromatic rings. The fraction of sp³-hybridized carbons (Fsp3) is 0.619. The van der Waals surface area contributed by atoms with Crippen LogP contribution in [-0.2, 0) is 9.59 Å². The van der Waals surface area contributed by atoms with E-state index in [1.165, 1.54) is 0 Å². The quantitative estimate of drug-likeness (QED) is 0.769. The third-order valence-electron chi connectivity index (χ3n) is 6.24. The number of carbonyl (C=O) groups is 2. The number of carbonyl (C=O) groups excluding carboxylic acids is 2. The van der Waals surface area contributed by atoms with Crippen LogP contribution in [0.15, 0.2) is 24.3 Å². The molecule has 2 aliphatic heterocycles. The van der Waals surface area contributed by atoms with Crippen molar-refractivity contribution in [2.75, 3.05) is 26.2 Å². The van der Waals surface area contributed by atoms with E-state index in [1.54, 1.807) is 0 Å². The van der Waals surface area contributed by atoms with E-state index in [0.29, 0.717) is 37.1 Å². The van der Waals surface area contributed by atoms with Gasteiger partial charge in [-0.15, -0.1) is 12.4 Å². The first-order valence-electron chi connectivity index (χ1n) is 10.3. The van der Waals surface area contributed by atoms with Gasteiger partial charge in [0, 0.05) is 25.0 Å². The molecule has 1 aromatic carbocycles. The van der Waals surface area contributed by atoms with E-state index in [9.17, 15) is 9.59 Å². The molecule has 29 heavy (non-hydrogen) atoms. The standard InChI is InChI=1S/C21H29N3O4.ClH/c22-12-14-4-3-5-16(14)20(25)23-15-8-10-24(11-9-15)21(26)19-13-27-17-6-1-2-7-18(17)28-19;/h1-2,6-7,14-16,19H,3-5,8-13,22H2,(H,23,25);1H/t14-,16-,19?;/m1./s1. The Balaban J connectivity index is 0.00000240. The molecule has 3 atom stereocenters. The number of amides is 2. The number of rotatable bonds is 4. The Kier molecular flexibility index (Phi) is 7.24. The van der Waals surface area contributed by atoms with Gasteiger partial charge in [0.2, 0.25) is 12.0 Å². The van der Waals surface area contributed by atoms with Gasteiger partial charge in [0.25, 0.3) is 5.91 Å². The molecule has 2 amide bonds. The summed E-state index contributed by atoms with van der Waals surface area (Å²) in [6.07, 6.45) is 3.99. The van der Waals surface area contributed by atoms with E-state index >= 15 is 0 Å². The summed E-state index contributed by atoms with van der Waals surface area (Å²) < 4.78 is 11.5. The molecule has 1 saturated carbocycles. The van der Waals surface area contributed by atoms with E-state index in [2.05, 4.69) is 5.32 Å². The lowest BCUT2D eigenvalue weighted by Gasteiger charge is -2.36. The molecule has 8 heteroatoms. The van der Waals surface area contributed by atoms with E-state index < -0.39 is 6.10 Å². The Bertz CT molecular complexity index is 724. The molecule has 3 N–H and O–H groups in total. The van der Waals surface area contributed by atoms with Crippen LogP contribution in [0.5, 0.6) is 11.5 Å². The van der Waals surface area contributed by atoms with Gasteiger partial charge in [-0.05, 0) is 50.3 Å². The number of halogens is 1. The molecule has 0 aromatic heterocycles.